The number of nitrogens with zero attached hydrogens (tertiary/aromatic N) is 2. The fourth-order valence-electron chi connectivity index (χ4n) is 3.40. The van der Waals surface area contributed by atoms with E-state index in [-0.39, 0.29) is 28.9 Å². The van der Waals surface area contributed by atoms with Crippen molar-refractivity contribution in [2.75, 3.05) is 5.32 Å². The van der Waals surface area contributed by atoms with Crippen LogP contribution in [0.2, 0.25) is 5.02 Å². The van der Waals surface area contributed by atoms with Crippen molar-refractivity contribution in [2.45, 2.75) is 44.7 Å². The summed E-state index contributed by atoms with van der Waals surface area (Å²) in [4.78, 5) is 12.9. The number of hydrogen-bond acceptors (Lipinski definition) is 4. The van der Waals surface area contributed by atoms with Gasteiger partial charge in [0.2, 0.25) is 0 Å². The number of aromatic nitrogens is 2. The van der Waals surface area contributed by atoms with E-state index in [4.69, 9.17) is 16.3 Å². The zero-order valence-corrected chi connectivity index (χ0v) is 18.9. The third kappa shape index (κ3) is 5.25. The van der Waals surface area contributed by atoms with E-state index < -0.39 is 46.8 Å². The molecule has 1 aromatic heterocycles. The lowest BCUT2D eigenvalue weighted by Crippen LogP contribution is -2.32. The average molecular weight is 516 g/mol. The van der Waals surface area contributed by atoms with Crippen LogP contribution in [0.1, 0.15) is 41.9 Å². The van der Waals surface area contributed by atoms with Crippen molar-refractivity contribution in [2.24, 2.45) is 0 Å². The van der Waals surface area contributed by atoms with Crippen LogP contribution >= 0.6 is 11.6 Å². The molecule has 1 saturated carbocycles. The summed E-state index contributed by atoms with van der Waals surface area (Å²) in [5, 5.41) is 15.9. The highest BCUT2D eigenvalue weighted by Crippen LogP contribution is 2.38. The monoisotopic (exact) mass is 515 g/mol. The first-order valence-corrected chi connectivity index (χ1v) is 10.9. The third-order valence-corrected chi connectivity index (χ3v) is 5.74. The van der Waals surface area contributed by atoms with Gasteiger partial charge in [-0.2, -0.15) is 18.3 Å². The molecule has 35 heavy (non-hydrogen) atoms. The second-order valence-electron chi connectivity index (χ2n) is 8.04. The minimum Gasteiger partial charge on any atom is -0.480 e. The van der Waals surface area contributed by atoms with Crippen molar-refractivity contribution >= 4 is 23.2 Å². The summed E-state index contributed by atoms with van der Waals surface area (Å²) in [6.45, 7) is 0.355. The van der Waals surface area contributed by atoms with Crippen molar-refractivity contribution in [1.29, 1.82) is 0 Å². The van der Waals surface area contributed by atoms with Crippen LogP contribution in [0.25, 0.3) is 11.3 Å². The van der Waals surface area contributed by atoms with E-state index in [2.05, 4.69) is 10.4 Å². The average Bonchev–Trinajstić information content (AvgIpc) is 3.55. The van der Waals surface area contributed by atoms with Crippen LogP contribution in [0.3, 0.4) is 0 Å². The minimum atomic E-state index is -4.78. The largest absolute Gasteiger partial charge is 0.480 e. The van der Waals surface area contributed by atoms with Crippen LogP contribution in [0.5, 0.6) is 5.75 Å². The zero-order valence-electron chi connectivity index (χ0n) is 18.2. The molecule has 1 unspecified atom stereocenters. The number of nitrogens with one attached hydrogen (secondary N) is 1. The van der Waals surface area contributed by atoms with E-state index in [1.54, 1.807) is 0 Å². The number of hydrogen-bond donors (Lipinski definition) is 2. The number of aliphatic hydroxyl groups excluding tert-OH is 1. The summed E-state index contributed by atoms with van der Waals surface area (Å²) in [7, 11) is 0. The second kappa shape index (κ2) is 9.46. The van der Waals surface area contributed by atoms with E-state index in [9.17, 15) is 27.5 Å². The Morgan fingerprint density at radius 1 is 1.26 bits per heavy atom. The molecule has 0 bridgehead atoms. The lowest BCUT2D eigenvalue weighted by Gasteiger charge is -2.20. The molecule has 1 aliphatic carbocycles. The maximum Gasteiger partial charge on any atom is 0.425 e. The number of para-hydroxylation sites is 1. The van der Waals surface area contributed by atoms with Gasteiger partial charge in [-0.25, -0.2) is 8.78 Å². The summed E-state index contributed by atoms with van der Waals surface area (Å²) in [5.41, 5.74) is -0.806. The van der Waals surface area contributed by atoms with Crippen LogP contribution in [-0.4, -0.2) is 33.1 Å². The smallest absolute Gasteiger partial charge is 0.425 e. The summed E-state index contributed by atoms with van der Waals surface area (Å²) < 4.78 is 75.4. The molecule has 0 saturated heterocycles. The lowest BCUT2D eigenvalue weighted by molar-refractivity contribution is -0.189. The highest BCUT2D eigenvalue weighted by atomic mass is 35.5. The number of anilines is 1. The normalized spacial score (nSPS) is 14.6. The number of aliphatic hydroxyl groups is 1. The van der Waals surface area contributed by atoms with E-state index in [0.717, 1.165) is 31.9 Å². The van der Waals surface area contributed by atoms with Gasteiger partial charge in [-0.1, -0.05) is 17.7 Å². The van der Waals surface area contributed by atoms with E-state index in [1.165, 1.54) is 22.9 Å². The predicted molar refractivity (Wildman–Crippen MR) is 117 cm³/mol. The topological polar surface area (TPSA) is 76.4 Å². The number of carbonyl (C=O) groups is 1. The summed E-state index contributed by atoms with van der Waals surface area (Å²) in [6.07, 6.45) is -5.48. The Kier molecular flexibility index (Phi) is 6.74. The fourth-order valence-corrected chi connectivity index (χ4v) is 3.61. The van der Waals surface area contributed by atoms with Gasteiger partial charge in [-0.05, 0) is 50.1 Å². The predicted octanol–water partition coefficient (Wildman–Crippen LogP) is 5.89. The number of ether oxygens (including phenoxy) is 1. The Labute approximate surface area is 201 Å². The zero-order chi connectivity index (χ0) is 25.5. The van der Waals surface area contributed by atoms with Crippen molar-refractivity contribution in [3.05, 3.63) is 64.3 Å². The van der Waals surface area contributed by atoms with E-state index in [1.807, 2.05) is 0 Å². The van der Waals surface area contributed by atoms with Crippen LogP contribution in [0.15, 0.2) is 36.4 Å². The molecule has 3 aromatic rings. The van der Waals surface area contributed by atoms with Gasteiger partial charge in [0.15, 0.2) is 6.10 Å². The van der Waals surface area contributed by atoms with Crippen LogP contribution in [0, 0.1) is 11.6 Å². The van der Waals surface area contributed by atoms with Crippen LogP contribution < -0.4 is 10.1 Å². The molecule has 6 nitrogen and oxygen atoms in total. The number of carbonyl (C=O) groups excluding carboxylic acids is 1. The molecule has 0 spiro atoms. The van der Waals surface area contributed by atoms with Gasteiger partial charge in [0, 0.05) is 5.56 Å². The summed E-state index contributed by atoms with van der Waals surface area (Å²) >= 11 is 5.90. The quantitative estimate of drug-likeness (QED) is 0.385. The molecular weight excluding hydrogens is 497 g/mol. The van der Waals surface area contributed by atoms with Crippen molar-refractivity contribution in [1.82, 2.24) is 9.78 Å². The lowest BCUT2D eigenvalue weighted by atomic mass is 10.1. The Bertz CT molecular complexity index is 1250. The third-order valence-electron chi connectivity index (χ3n) is 5.42. The van der Waals surface area contributed by atoms with E-state index in [0.29, 0.717) is 11.8 Å². The van der Waals surface area contributed by atoms with Gasteiger partial charge in [0.25, 0.3) is 5.91 Å². The number of alkyl halides is 3. The SMILES string of the molecule is CC(Oc1cc(-c2cc(CO)n(C3CC3)n2)c(F)cc1C(=O)Nc1c(F)cccc1Cl)C(F)(F)F. The molecule has 2 aromatic carbocycles. The molecule has 0 radical (unpaired) electrons. The van der Waals surface area contributed by atoms with Crippen molar-refractivity contribution in [3.63, 3.8) is 0 Å². The first-order chi connectivity index (χ1) is 16.5. The Morgan fingerprint density at radius 2 is 1.97 bits per heavy atom. The summed E-state index contributed by atoms with van der Waals surface area (Å²) in [6, 6.07) is 6.68. The maximum atomic E-state index is 15.1. The van der Waals surface area contributed by atoms with E-state index >= 15 is 4.39 Å². The van der Waals surface area contributed by atoms with Gasteiger partial charge in [-0.3, -0.25) is 9.48 Å². The number of benzene rings is 2. The van der Waals surface area contributed by atoms with Gasteiger partial charge >= 0.3 is 6.18 Å². The van der Waals surface area contributed by atoms with Crippen molar-refractivity contribution < 1.29 is 36.6 Å². The Hall–Kier alpha value is -3.18. The van der Waals surface area contributed by atoms with Gasteiger partial charge in [-0.15, -0.1) is 0 Å². The van der Waals surface area contributed by atoms with Gasteiger partial charge < -0.3 is 15.2 Å². The first-order valence-electron chi connectivity index (χ1n) is 10.5. The molecular formula is C23H19ClF5N3O3. The number of halogens is 6. The molecule has 1 amide bonds. The van der Waals surface area contributed by atoms with Crippen LogP contribution in [0.4, 0.5) is 27.6 Å². The molecule has 1 fully saturated rings. The number of amides is 1. The molecule has 2 N–H and O–H groups in total. The molecule has 12 heteroatoms. The molecule has 1 atom stereocenters. The second-order valence-corrected chi connectivity index (χ2v) is 8.44. The standard InChI is InChI=1S/C23H19ClF5N3O3/c1-11(23(27,28)29)35-20-9-14(19-7-13(10-33)32(31-19)12-5-6-12)18(26)8-15(20)22(34)30-21-16(24)3-2-4-17(21)25/h2-4,7-9,11-12,33H,5-6,10H2,1H3,(H,30,34). The molecule has 1 heterocycles. The van der Waals surface area contributed by atoms with Gasteiger partial charge in [0.1, 0.15) is 17.4 Å². The summed E-state index contributed by atoms with van der Waals surface area (Å²) in [5.74, 6) is -3.60. The minimum absolute atomic E-state index is 0.0468. The molecule has 186 valence electrons. The highest BCUT2D eigenvalue weighted by molar-refractivity contribution is 6.34. The Balaban J connectivity index is 1.77. The van der Waals surface area contributed by atoms with Crippen molar-refractivity contribution in [3.8, 4) is 17.0 Å². The number of rotatable bonds is 7. The maximum absolute atomic E-state index is 15.1. The van der Waals surface area contributed by atoms with Gasteiger partial charge in [0.05, 0.1) is 40.3 Å². The Morgan fingerprint density at radius 3 is 2.57 bits per heavy atom. The first kappa shape index (κ1) is 24.9. The highest BCUT2D eigenvalue weighted by Gasteiger charge is 2.39. The molecule has 0 aliphatic heterocycles. The fraction of sp³-hybridized carbons (Fsp3) is 0.304. The molecule has 1 aliphatic rings. The van der Waals surface area contributed by atoms with Crippen LogP contribution in [-0.2, 0) is 6.61 Å². The molecule has 4 rings (SSSR count).